The molecule has 0 saturated carbocycles. The van der Waals surface area contributed by atoms with Gasteiger partial charge in [0.15, 0.2) is 0 Å². The number of hydrogen-bond acceptors (Lipinski definition) is 2. The molecule has 0 saturated heterocycles. The van der Waals surface area contributed by atoms with Gasteiger partial charge in [0.1, 0.15) is 0 Å². The predicted octanol–water partition coefficient (Wildman–Crippen LogP) is 1.97. The second-order valence-corrected chi connectivity index (χ2v) is 5.31. The van der Waals surface area contributed by atoms with Crippen LogP contribution in [0, 0.1) is 5.92 Å². The van der Waals surface area contributed by atoms with E-state index in [-0.39, 0.29) is 18.5 Å². The Kier molecular flexibility index (Phi) is 5.99. The highest BCUT2D eigenvalue weighted by molar-refractivity contribution is 5.76. The van der Waals surface area contributed by atoms with Crippen molar-refractivity contribution >= 4 is 12.0 Å². The average molecular weight is 244 g/mol. The molecule has 17 heavy (non-hydrogen) atoms. The number of rotatable bonds is 6. The third-order valence-corrected chi connectivity index (χ3v) is 2.61. The van der Waals surface area contributed by atoms with Gasteiger partial charge in [-0.25, -0.2) is 4.79 Å². The molecule has 100 valence electrons. The van der Waals surface area contributed by atoms with E-state index in [1.54, 1.807) is 13.8 Å². The molecule has 0 aliphatic heterocycles. The van der Waals surface area contributed by atoms with Crippen molar-refractivity contribution in [3.63, 3.8) is 0 Å². The number of nitrogens with one attached hydrogen (secondary N) is 2. The van der Waals surface area contributed by atoms with Crippen LogP contribution in [-0.2, 0) is 4.79 Å². The lowest BCUT2D eigenvalue weighted by molar-refractivity contribution is -0.138. The van der Waals surface area contributed by atoms with Gasteiger partial charge in [-0.2, -0.15) is 0 Å². The van der Waals surface area contributed by atoms with Crippen LogP contribution in [0.4, 0.5) is 4.79 Å². The summed E-state index contributed by atoms with van der Waals surface area (Å²) >= 11 is 0. The largest absolute Gasteiger partial charge is 0.481 e. The van der Waals surface area contributed by atoms with Gasteiger partial charge in [0, 0.05) is 11.6 Å². The van der Waals surface area contributed by atoms with Crippen molar-refractivity contribution in [2.45, 2.75) is 59.0 Å². The Morgan fingerprint density at radius 2 is 1.82 bits per heavy atom. The highest BCUT2D eigenvalue weighted by Gasteiger charge is 2.25. The molecule has 0 fully saturated rings. The van der Waals surface area contributed by atoms with Crippen molar-refractivity contribution in [3.8, 4) is 0 Å². The number of aliphatic carboxylic acids is 1. The number of urea groups is 1. The number of carboxylic acid groups (broad SMARTS) is 1. The summed E-state index contributed by atoms with van der Waals surface area (Å²) in [7, 11) is 0. The molecule has 0 rings (SSSR count). The molecule has 0 spiro atoms. The highest BCUT2D eigenvalue weighted by Crippen LogP contribution is 2.09. The van der Waals surface area contributed by atoms with Crippen molar-refractivity contribution in [1.82, 2.24) is 10.6 Å². The number of hydrogen-bond donors (Lipinski definition) is 3. The van der Waals surface area contributed by atoms with E-state index >= 15 is 0 Å². The van der Waals surface area contributed by atoms with Crippen LogP contribution in [0.5, 0.6) is 0 Å². The van der Waals surface area contributed by atoms with Crippen LogP contribution in [0.2, 0.25) is 0 Å². The quantitative estimate of drug-likeness (QED) is 0.668. The minimum Gasteiger partial charge on any atom is -0.481 e. The normalized spacial score (nSPS) is 13.3. The van der Waals surface area contributed by atoms with E-state index in [0.29, 0.717) is 5.92 Å². The minimum absolute atomic E-state index is 0.0983. The second kappa shape index (κ2) is 6.47. The average Bonchev–Trinajstić information content (AvgIpc) is 2.10. The summed E-state index contributed by atoms with van der Waals surface area (Å²) in [5.41, 5.74) is -0.745. The van der Waals surface area contributed by atoms with E-state index in [1.807, 2.05) is 20.8 Å². The zero-order valence-electron chi connectivity index (χ0n) is 11.3. The molecular formula is C12H24N2O3. The summed E-state index contributed by atoms with van der Waals surface area (Å²) in [6.07, 6.45) is 0.753. The molecule has 0 aromatic rings. The molecular weight excluding hydrogens is 220 g/mol. The molecule has 1 unspecified atom stereocenters. The van der Waals surface area contributed by atoms with E-state index in [4.69, 9.17) is 5.11 Å². The fourth-order valence-electron chi connectivity index (χ4n) is 1.67. The maximum atomic E-state index is 11.7. The molecule has 1 atom stereocenters. The van der Waals surface area contributed by atoms with Crippen LogP contribution < -0.4 is 10.6 Å². The van der Waals surface area contributed by atoms with Gasteiger partial charge in [-0.3, -0.25) is 4.79 Å². The van der Waals surface area contributed by atoms with E-state index in [1.165, 1.54) is 0 Å². The summed E-state index contributed by atoms with van der Waals surface area (Å²) in [5.74, 6) is -0.570. The predicted molar refractivity (Wildman–Crippen MR) is 66.9 cm³/mol. The first-order valence-electron chi connectivity index (χ1n) is 5.98. The smallest absolute Gasteiger partial charge is 0.315 e. The minimum atomic E-state index is -0.925. The number of carbonyl (C=O) groups is 2. The summed E-state index contributed by atoms with van der Waals surface area (Å²) < 4.78 is 0. The monoisotopic (exact) mass is 244 g/mol. The molecule has 0 aliphatic rings. The lowest BCUT2D eigenvalue weighted by Crippen LogP contribution is -2.52. The molecule has 3 N–H and O–H groups in total. The van der Waals surface area contributed by atoms with Crippen molar-refractivity contribution in [2.75, 3.05) is 0 Å². The van der Waals surface area contributed by atoms with Crippen molar-refractivity contribution in [3.05, 3.63) is 0 Å². The SMILES string of the molecule is CCC(NC(=O)NC(C)(C)CC(=O)O)C(C)C. The van der Waals surface area contributed by atoms with E-state index in [9.17, 15) is 9.59 Å². The van der Waals surface area contributed by atoms with E-state index < -0.39 is 11.5 Å². The van der Waals surface area contributed by atoms with E-state index in [0.717, 1.165) is 6.42 Å². The lowest BCUT2D eigenvalue weighted by Gasteiger charge is -2.27. The zero-order chi connectivity index (χ0) is 13.6. The first-order chi connectivity index (χ1) is 7.68. The van der Waals surface area contributed by atoms with Crippen LogP contribution in [0.3, 0.4) is 0 Å². The summed E-state index contributed by atoms with van der Waals surface area (Å²) in [5, 5.41) is 14.2. The number of carboxylic acids is 1. The molecule has 0 bridgehead atoms. The van der Waals surface area contributed by atoms with Gasteiger partial charge in [0.25, 0.3) is 0 Å². The van der Waals surface area contributed by atoms with Crippen LogP contribution in [-0.4, -0.2) is 28.7 Å². The fourth-order valence-corrected chi connectivity index (χ4v) is 1.67. The molecule has 0 aromatic heterocycles. The number of carbonyl (C=O) groups excluding carboxylic acids is 1. The number of amides is 2. The van der Waals surface area contributed by atoms with Gasteiger partial charge in [-0.05, 0) is 26.2 Å². The summed E-state index contributed by atoms with van der Waals surface area (Å²) in [4.78, 5) is 22.3. The maximum Gasteiger partial charge on any atom is 0.315 e. The molecule has 0 aliphatic carbocycles. The fraction of sp³-hybridized carbons (Fsp3) is 0.833. The topological polar surface area (TPSA) is 78.4 Å². The van der Waals surface area contributed by atoms with Crippen molar-refractivity contribution < 1.29 is 14.7 Å². The summed E-state index contributed by atoms with van der Waals surface area (Å²) in [6.45, 7) is 9.47. The molecule has 5 nitrogen and oxygen atoms in total. The Balaban J connectivity index is 4.29. The standard InChI is InChI=1S/C12H24N2O3/c1-6-9(8(2)3)13-11(17)14-12(4,5)7-10(15)16/h8-9H,6-7H2,1-5H3,(H,15,16)(H2,13,14,17). The first-order valence-corrected chi connectivity index (χ1v) is 5.98. The van der Waals surface area contributed by atoms with Gasteiger partial charge in [0.05, 0.1) is 6.42 Å². The third kappa shape index (κ3) is 6.81. The second-order valence-electron chi connectivity index (χ2n) is 5.31. The Morgan fingerprint density at radius 1 is 1.29 bits per heavy atom. The van der Waals surface area contributed by atoms with Crippen LogP contribution in [0.15, 0.2) is 0 Å². The first kappa shape index (κ1) is 15.7. The van der Waals surface area contributed by atoms with E-state index in [2.05, 4.69) is 10.6 Å². The zero-order valence-corrected chi connectivity index (χ0v) is 11.3. The van der Waals surface area contributed by atoms with Gasteiger partial charge < -0.3 is 15.7 Å². The molecule has 0 aromatic carbocycles. The van der Waals surface area contributed by atoms with Gasteiger partial charge >= 0.3 is 12.0 Å². The molecule has 0 radical (unpaired) electrons. The Labute approximate surface area is 103 Å². The molecule has 2 amide bonds. The van der Waals surface area contributed by atoms with Crippen molar-refractivity contribution in [2.24, 2.45) is 5.92 Å². The molecule has 5 heteroatoms. The van der Waals surface area contributed by atoms with Crippen molar-refractivity contribution in [1.29, 1.82) is 0 Å². The van der Waals surface area contributed by atoms with Crippen LogP contribution in [0.25, 0.3) is 0 Å². The Morgan fingerprint density at radius 3 is 2.18 bits per heavy atom. The van der Waals surface area contributed by atoms with Crippen LogP contribution in [0.1, 0.15) is 47.5 Å². The van der Waals surface area contributed by atoms with Gasteiger partial charge in [0.2, 0.25) is 0 Å². The highest BCUT2D eigenvalue weighted by atomic mass is 16.4. The lowest BCUT2D eigenvalue weighted by atomic mass is 10.0. The maximum absolute atomic E-state index is 11.7. The summed E-state index contributed by atoms with van der Waals surface area (Å²) in [6, 6.07) is -0.201. The molecule has 0 heterocycles. The Hall–Kier alpha value is -1.26. The van der Waals surface area contributed by atoms with Gasteiger partial charge in [-0.15, -0.1) is 0 Å². The van der Waals surface area contributed by atoms with Crippen LogP contribution >= 0.6 is 0 Å². The Bertz CT molecular complexity index is 275. The third-order valence-electron chi connectivity index (χ3n) is 2.61. The van der Waals surface area contributed by atoms with Gasteiger partial charge in [-0.1, -0.05) is 20.8 Å².